The monoisotopic (exact) mass is 574 g/mol. The molecule has 0 radical (unpaired) electrons. The summed E-state index contributed by atoms with van der Waals surface area (Å²) in [6.07, 6.45) is 1.79. The smallest absolute Gasteiger partial charge is 0.335 e. The van der Waals surface area contributed by atoms with E-state index in [1.807, 2.05) is 92.7 Å². The van der Waals surface area contributed by atoms with Gasteiger partial charge in [-0.05, 0) is 111 Å². The number of nitrogens with one attached hydrogen (secondary N) is 1. The normalized spacial score (nSPS) is 16.4. The molecule has 1 aliphatic heterocycles. The molecule has 1 saturated heterocycles. The fraction of sp³-hybridized carbons (Fsp3) is 0.147. The summed E-state index contributed by atoms with van der Waals surface area (Å²) in [4.78, 5) is 18.6. The van der Waals surface area contributed by atoms with Crippen molar-refractivity contribution in [2.45, 2.75) is 32.9 Å². The molecule has 5 aromatic rings. The number of nitrogens with zero attached hydrogens (tertiary/aromatic N) is 3. The number of carboxylic acid groups (broad SMARTS) is 1. The summed E-state index contributed by atoms with van der Waals surface area (Å²) in [6.45, 7) is 6.11. The number of aromatic carboxylic acids is 1. The van der Waals surface area contributed by atoms with Gasteiger partial charge in [0.2, 0.25) is 0 Å². The van der Waals surface area contributed by atoms with Gasteiger partial charge in [0.05, 0.1) is 23.3 Å². The fourth-order valence-corrected chi connectivity index (χ4v) is 6.04. The third-order valence-corrected chi connectivity index (χ3v) is 7.99. The summed E-state index contributed by atoms with van der Waals surface area (Å²) in [5, 5.41) is 13.8. The second kappa shape index (κ2) is 11.1. The Labute approximate surface area is 250 Å². The molecule has 1 aliphatic rings. The Morgan fingerprint density at radius 1 is 0.905 bits per heavy atom. The van der Waals surface area contributed by atoms with Gasteiger partial charge in [-0.1, -0.05) is 30.3 Å². The number of carboxylic acids is 1. The molecular weight excluding hydrogens is 544 g/mol. The summed E-state index contributed by atoms with van der Waals surface area (Å²) in [5.41, 5.74) is 6.95. The van der Waals surface area contributed by atoms with Crippen LogP contribution in [0, 0.1) is 20.8 Å². The number of hydrogen-bond acceptors (Lipinski definition) is 4. The fourth-order valence-electron chi connectivity index (χ4n) is 5.69. The number of hydrogen-bond donors (Lipinski definition) is 2. The number of carbonyl (C=O) groups is 1. The number of ether oxygens (including phenoxy) is 1. The Kier molecular flexibility index (Phi) is 7.22. The van der Waals surface area contributed by atoms with Crippen molar-refractivity contribution in [1.82, 2.24) is 14.9 Å². The molecular formula is C34H30N4O3S. The highest BCUT2D eigenvalue weighted by atomic mass is 32.1. The first-order valence-corrected chi connectivity index (χ1v) is 14.1. The second-order valence-electron chi connectivity index (χ2n) is 10.4. The van der Waals surface area contributed by atoms with Gasteiger partial charge in [0.25, 0.3) is 0 Å². The van der Waals surface area contributed by atoms with E-state index in [2.05, 4.69) is 32.8 Å². The summed E-state index contributed by atoms with van der Waals surface area (Å²) < 4.78 is 8.16. The number of aromatic nitrogens is 2. The molecule has 210 valence electrons. The van der Waals surface area contributed by atoms with Crippen LogP contribution < -0.4 is 15.0 Å². The number of aryl methyl sites for hydroxylation is 2. The summed E-state index contributed by atoms with van der Waals surface area (Å²) in [5.74, 6) is 0.546. The van der Waals surface area contributed by atoms with E-state index in [4.69, 9.17) is 17.0 Å². The lowest BCUT2D eigenvalue weighted by molar-refractivity contribution is 0.0697. The average molecular weight is 575 g/mol. The Morgan fingerprint density at radius 3 is 2.31 bits per heavy atom. The molecule has 0 bridgehead atoms. The van der Waals surface area contributed by atoms with Gasteiger partial charge in [-0.2, -0.15) is 0 Å². The average Bonchev–Trinajstić information content (AvgIpc) is 3.49. The van der Waals surface area contributed by atoms with E-state index in [1.165, 1.54) is 0 Å². The van der Waals surface area contributed by atoms with Crippen LogP contribution in [0.3, 0.4) is 0 Å². The number of anilines is 1. The second-order valence-corrected chi connectivity index (χ2v) is 10.8. The topological polar surface area (TPSA) is 79.6 Å². The van der Waals surface area contributed by atoms with E-state index >= 15 is 0 Å². The first-order chi connectivity index (χ1) is 20.3. The third-order valence-electron chi connectivity index (χ3n) is 7.68. The van der Waals surface area contributed by atoms with E-state index in [1.54, 1.807) is 18.3 Å². The lowest BCUT2D eigenvalue weighted by Crippen LogP contribution is -2.29. The van der Waals surface area contributed by atoms with Gasteiger partial charge in [0.1, 0.15) is 11.5 Å². The first kappa shape index (κ1) is 27.2. The Morgan fingerprint density at radius 2 is 1.62 bits per heavy atom. The van der Waals surface area contributed by atoms with Crippen molar-refractivity contribution in [3.8, 4) is 17.2 Å². The number of rotatable bonds is 7. The van der Waals surface area contributed by atoms with Crippen LogP contribution in [0.5, 0.6) is 11.5 Å². The van der Waals surface area contributed by atoms with Crippen LogP contribution >= 0.6 is 12.2 Å². The van der Waals surface area contributed by atoms with Gasteiger partial charge >= 0.3 is 5.97 Å². The standard InChI is InChI=1S/C34H30N4O3S/c1-21-12-13-24(33(39)40)20-30(21)37-22(2)19-28(23(37)3)32-31(29-11-7-8-18-35-29)36-34(42)38(32)25-14-16-27(17-15-25)41-26-9-5-4-6-10-26/h4-20,31-32H,1-3H3,(H,36,42)(H,39,40)/t31-,32-/m1/s1. The van der Waals surface area contributed by atoms with Crippen LogP contribution in [0.2, 0.25) is 0 Å². The molecule has 0 unspecified atom stereocenters. The molecule has 7 nitrogen and oxygen atoms in total. The summed E-state index contributed by atoms with van der Waals surface area (Å²) >= 11 is 5.94. The van der Waals surface area contributed by atoms with E-state index in [-0.39, 0.29) is 17.6 Å². The highest BCUT2D eigenvalue weighted by Gasteiger charge is 2.42. The van der Waals surface area contributed by atoms with Crippen LogP contribution in [-0.4, -0.2) is 25.7 Å². The van der Waals surface area contributed by atoms with E-state index in [0.29, 0.717) is 5.11 Å². The van der Waals surface area contributed by atoms with Gasteiger partial charge in [-0.15, -0.1) is 0 Å². The molecule has 2 atom stereocenters. The van der Waals surface area contributed by atoms with Gasteiger partial charge in [0.15, 0.2) is 5.11 Å². The lowest BCUT2D eigenvalue weighted by atomic mass is 9.96. The van der Waals surface area contributed by atoms with Gasteiger partial charge in [-0.3, -0.25) is 4.98 Å². The van der Waals surface area contributed by atoms with Crippen LogP contribution in [0.1, 0.15) is 50.7 Å². The van der Waals surface area contributed by atoms with E-state index in [0.717, 1.165) is 51.1 Å². The Balaban J connectivity index is 1.44. The van der Waals surface area contributed by atoms with Crippen LogP contribution in [0.15, 0.2) is 103 Å². The van der Waals surface area contributed by atoms with Gasteiger partial charge < -0.3 is 24.6 Å². The third kappa shape index (κ3) is 5.01. The highest BCUT2D eigenvalue weighted by Crippen LogP contribution is 2.44. The molecule has 8 heteroatoms. The van der Waals surface area contributed by atoms with Crippen molar-refractivity contribution >= 4 is 29.0 Å². The van der Waals surface area contributed by atoms with Crippen molar-refractivity contribution in [3.05, 3.63) is 137 Å². The number of benzene rings is 3. The quantitative estimate of drug-likeness (QED) is 0.195. The number of thiocarbonyl (C=S) groups is 1. The maximum absolute atomic E-state index is 11.8. The minimum atomic E-state index is -0.953. The predicted octanol–water partition coefficient (Wildman–Crippen LogP) is 7.47. The SMILES string of the molecule is Cc1ccc(C(=O)O)cc1-n1c(C)cc([C@@H]2[C@@H](c3ccccn3)NC(=S)N2c2ccc(Oc3ccccc3)cc2)c1C. The van der Waals surface area contributed by atoms with Crippen LogP contribution in [-0.2, 0) is 0 Å². The number of para-hydroxylation sites is 1. The van der Waals surface area contributed by atoms with Crippen molar-refractivity contribution in [2.75, 3.05) is 4.90 Å². The molecule has 1 fully saturated rings. The molecule has 3 aromatic carbocycles. The zero-order chi connectivity index (χ0) is 29.4. The zero-order valence-corrected chi connectivity index (χ0v) is 24.3. The minimum absolute atomic E-state index is 0.209. The molecule has 0 aliphatic carbocycles. The molecule has 2 aromatic heterocycles. The van der Waals surface area contributed by atoms with Crippen molar-refractivity contribution in [2.24, 2.45) is 0 Å². The Bertz CT molecular complexity index is 1770. The van der Waals surface area contributed by atoms with Crippen LogP contribution in [0.25, 0.3) is 5.69 Å². The molecule has 3 heterocycles. The van der Waals surface area contributed by atoms with E-state index in [9.17, 15) is 9.90 Å². The maximum atomic E-state index is 11.8. The van der Waals surface area contributed by atoms with E-state index < -0.39 is 5.97 Å². The van der Waals surface area contributed by atoms with Crippen LogP contribution in [0.4, 0.5) is 5.69 Å². The highest BCUT2D eigenvalue weighted by molar-refractivity contribution is 7.80. The predicted molar refractivity (Wildman–Crippen MR) is 168 cm³/mol. The number of pyridine rings is 1. The summed E-state index contributed by atoms with van der Waals surface area (Å²) in [6, 6.07) is 30.5. The molecule has 0 amide bonds. The molecule has 2 N–H and O–H groups in total. The van der Waals surface area contributed by atoms with Gasteiger partial charge in [-0.25, -0.2) is 4.79 Å². The molecule has 6 rings (SSSR count). The minimum Gasteiger partial charge on any atom is -0.478 e. The first-order valence-electron chi connectivity index (χ1n) is 13.7. The van der Waals surface area contributed by atoms with Crippen molar-refractivity contribution in [1.29, 1.82) is 0 Å². The van der Waals surface area contributed by atoms with Crippen molar-refractivity contribution < 1.29 is 14.6 Å². The largest absolute Gasteiger partial charge is 0.478 e. The zero-order valence-electron chi connectivity index (χ0n) is 23.5. The van der Waals surface area contributed by atoms with Gasteiger partial charge in [0, 0.05) is 29.0 Å². The van der Waals surface area contributed by atoms with Crippen molar-refractivity contribution in [3.63, 3.8) is 0 Å². The molecule has 0 spiro atoms. The maximum Gasteiger partial charge on any atom is 0.335 e. The molecule has 42 heavy (non-hydrogen) atoms. The molecule has 0 saturated carbocycles. The lowest BCUT2D eigenvalue weighted by Gasteiger charge is -2.28. The Hall–Kier alpha value is -4.95. The summed E-state index contributed by atoms with van der Waals surface area (Å²) in [7, 11) is 0.